The fourth-order valence-corrected chi connectivity index (χ4v) is 3.53. The number of hydrogen-bond acceptors (Lipinski definition) is 3. The van der Waals surface area contributed by atoms with Gasteiger partial charge in [-0.05, 0) is 55.5 Å². The number of carbonyl (C=O) groups is 3. The molecule has 3 aromatic rings. The molecule has 1 atom stereocenters. The van der Waals surface area contributed by atoms with Gasteiger partial charge in [0, 0.05) is 17.7 Å². The van der Waals surface area contributed by atoms with E-state index in [0.29, 0.717) is 30.5 Å². The average Bonchev–Trinajstić information content (AvgIpc) is 2.83. The van der Waals surface area contributed by atoms with Gasteiger partial charge in [-0.15, -0.1) is 0 Å². The van der Waals surface area contributed by atoms with Gasteiger partial charge in [-0.1, -0.05) is 66.7 Å². The van der Waals surface area contributed by atoms with Crippen molar-refractivity contribution in [2.75, 3.05) is 6.54 Å². The van der Waals surface area contributed by atoms with Gasteiger partial charge < -0.3 is 10.6 Å². The molecular weight excluding hydrogens is 400 g/mol. The molecule has 0 aliphatic rings. The second kappa shape index (κ2) is 11.6. The number of nitrogens with one attached hydrogen (secondary N) is 2. The lowest BCUT2D eigenvalue weighted by atomic mass is 9.98. The summed E-state index contributed by atoms with van der Waals surface area (Å²) in [4.78, 5) is 37.2. The number of hydrogen-bond donors (Lipinski definition) is 2. The van der Waals surface area contributed by atoms with Gasteiger partial charge in [0.1, 0.15) is 0 Å². The highest BCUT2D eigenvalue weighted by atomic mass is 16.2. The van der Waals surface area contributed by atoms with Gasteiger partial charge in [0.05, 0.1) is 6.04 Å². The molecule has 32 heavy (non-hydrogen) atoms. The summed E-state index contributed by atoms with van der Waals surface area (Å²) >= 11 is 0. The second-order valence-electron chi connectivity index (χ2n) is 7.67. The summed E-state index contributed by atoms with van der Waals surface area (Å²) in [7, 11) is 0. The molecule has 0 saturated heterocycles. The zero-order chi connectivity index (χ0) is 22.8. The predicted molar refractivity (Wildman–Crippen MR) is 126 cm³/mol. The van der Waals surface area contributed by atoms with E-state index < -0.39 is 6.04 Å². The minimum Gasteiger partial charge on any atom is -0.352 e. The Balaban J connectivity index is 1.53. The molecule has 0 spiro atoms. The Morgan fingerprint density at radius 3 is 2.06 bits per heavy atom. The third-order valence-corrected chi connectivity index (χ3v) is 5.29. The smallest absolute Gasteiger partial charge is 0.252 e. The summed E-state index contributed by atoms with van der Waals surface area (Å²) in [5.41, 5.74) is 2.95. The standard InChI is InChI=1S/C27H28N2O3/c1-20(30)25(18-10-11-19-28-26(31)22-14-6-3-7-15-22)29-27(32)24-17-9-8-16-23(24)21-12-4-2-5-13-21/h2-9,12-17,25H,10-11,18-19H2,1H3,(H,28,31)(H,29,32). The molecule has 0 aromatic heterocycles. The Morgan fingerprint density at radius 1 is 0.750 bits per heavy atom. The number of carbonyl (C=O) groups excluding carboxylic acids is 3. The van der Waals surface area contributed by atoms with E-state index in [1.165, 1.54) is 6.92 Å². The molecule has 0 saturated carbocycles. The van der Waals surface area contributed by atoms with E-state index in [2.05, 4.69) is 10.6 Å². The van der Waals surface area contributed by atoms with Crippen LogP contribution >= 0.6 is 0 Å². The number of unbranched alkanes of at least 4 members (excludes halogenated alkanes) is 1. The van der Waals surface area contributed by atoms with Gasteiger partial charge in [0.25, 0.3) is 11.8 Å². The lowest BCUT2D eigenvalue weighted by molar-refractivity contribution is -0.119. The van der Waals surface area contributed by atoms with Crippen molar-refractivity contribution in [1.29, 1.82) is 0 Å². The molecule has 164 valence electrons. The summed E-state index contributed by atoms with van der Waals surface area (Å²) in [6.45, 7) is 2.01. The molecule has 0 aliphatic carbocycles. The third-order valence-electron chi connectivity index (χ3n) is 5.29. The highest BCUT2D eigenvalue weighted by molar-refractivity contribution is 6.02. The first-order valence-electron chi connectivity index (χ1n) is 10.9. The van der Waals surface area contributed by atoms with Crippen LogP contribution in [0, 0.1) is 0 Å². The summed E-state index contributed by atoms with van der Waals surface area (Å²) in [5, 5.41) is 5.78. The summed E-state index contributed by atoms with van der Waals surface area (Å²) < 4.78 is 0. The first kappa shape index (κ1) is 22.9. The molecular formula is C27H28N2O3. The van der Waals surface area contributed by atoms with Gasteiger partial charge in [0.2, 0.25) is 0 Å². The largest absolute Gasteiger partial charge is 0.352 e. The Labute approximate surface area is 188 Å². The molecule has 0 heterocycles. The van der Waals surface area contributed by atoms with Crippen LogP contribution in [0.15, 0.2) is 84.9 Å². The molecule has 3 rings (SSSR count). The van der Waals surface area contributed by atoms with Gasteiger partial charge in [0.15, 0.2) is 5.78 Å². The molecule has 0 aliphatic heterocycles. The van der Waals surface area contributed by atoms with Gasteiger partial charge in [-0.3, -0.25) is 14.4 Å². The van der Waals surface area contributed by atoms with Crippen LogP contribution in [0.5, 0.6) is 0 Å². The van der Waals surface area contributed by atoms with Crippen LogP contribution in [0.3, 0.4) is 0 Å². The van der Waals surface area contributed by atoms with Crippen molar-refractivity contribution in [3.8, 4) is 11.1 Å². The zero-order valence-electron chi connectivity index (χ0n) is 18.2. The summed E-state index contributed by atoms with van der Waals surface area (Å²) in [6, 6.07) is 25.6. The van der Waals surface area contributed by atoms with Crippen molar-refractivity contribution < 1.29 is 14.4 Å². The van der Waals surface area contributed by atoms with E-state index in [1.54, 1.807) is 18.2 Å². The summed E-state index contributed by atoms with van der Waals surface area (Å²) in [6.07, 6.45) is 1.95. The SMILES string of the molecule is CC(=O)C(CCCCNC(=O)c1ccccc1)NC(=O)c1ccccc1-c1ccccc1. The lowest BCUT2D eigenvalue weighted by Crippen LogP contribution is -2.40. The first-order valence-corrected chi connectivity index (χ1v) is 10.9. The molecule has 3 aromatic carbocycles. The van der Waals surface area contributed by atoms with Crippen molar-refractivity contribution in [2.45, 2.75) is 32.2 Å². The van der Waals surface area contributed by atoms with Crippen LogP contribution in [-0.4, -0.2) is 30.2 Å². The Bertz CT molecular complexity index is 1050. The number of benzene rings is 3. The zero-order valence-corrected chi connectivity index (χ0v) is 18.2. The molecule has 0 fully saturated rings. The molecule has 0 radical (unpaired) electrons. The Morgan fingerprint density at radius 2 is 1.38 bits per heavy atom. The van der Waals surface area contributed by atoms with E-state index in [4.69, 9.17) is 0 Å². The number of rotatable bonds is 10. The van der Waals surface area contributed by atoms with E-state index in [1.807, 2.05) is 66.7 Å². The minimum absolute atomic E-state index is 0.0798. The monoisotopic (exact) mass is 428 g/mol. The highest BCUT2D eigenvalue weighted by Gasteiger charge is 2.20. The van der Waals surface area contributed by atoms with Crippen molar-refractivity contribution in [3.05, 3.63) is 96.1 Å². The maximum absolute atomic E-state index is 13.0. The van der Waals surface area contributed by atoms with Gasteiger partial charge in [-0.25, -0.2) is 0 Å². The fourth-order valence-electron chi connectivity index (χ4n) is 3.53. The van der Waals surface area contributed by atoms with Crippen LogP contribution in [0.2, 0.25) is 0 Å². The fraction of sp³-hybridized carbons (Fsp3) is 0.222. The van der Waals surface area contributed by atoms with E-state index >= 15 is 0 Å². The van der Waals surface area contributed by atoms with Crippen molar-refractivity contribution >= 4 is 17.6 Å². The number of amides is 2. The molecule has 5 heteroatoms. The normalized spacial score (nSPS) is 11.4. The van der Waals surface area contributed by atoms with E-state index in [0.717, 1.165) is 17.5 Å². The number of ketones is 1. The van der Waals surface area contributed by atoms with E-state index in [9.17, 15) is 14.4 Å². The Kier molecular flexibility index (Phi) is 8.32. The maximum Gasteiger partial charge on any atom is 0.252 e. The van der Waals surface area contributed by atoms with Crippen LogP contribution in [-0.2, 0) is 4.79 Å². The van der Waals surface area contributed by atoms with Crippen molar-refractivity contribution in [1.82, 2.24) is 10.6 Å². The molecule has 0 bridgehead atoms. The van der Waals surface area contributed by atoms with Crippen LogP contribution in [0.25, 0.3) is 11.1 Å². The van der Waals surface area contributed by atoms with Crippen LogP contribution < -0.4 is 10.6 Å². The van der Waals surface area contributed by atoms with E-state index in [-0.39, 0.29) is 17.6 Å². The number of Topliss-reactive ketones (excluding diaryl/α,β-unsaturated/α-hetero) is 1. The second-order valence-corrected chi connectivity index (χ2v) is 7.67. The van der Waals surface area contributed by atoms with Crippen molar-refractivity contribution in [2.24, 2.45) is 0 Å². The molecule has 2 amide bonds. The van der Waals surface area contributed by atoms with Gasteiger partial charge >= 0.3 is 0 Å². The molecule has 1 unspecified atom stereocenters. The molecule has 5 nitrogen and oxygen atoms in total. The predicted octanol–water partition coefficient (Wildman–Crippen LogP) is 4.64. The highest BCUT2D eigenvalue weighted by Crippen LogP contribution is 2.23. The van der Waals surface area contributed by atoms with Crippen LogP contribution in [0.1, 0.15) is 46.9 Å². The summed E-state index contributed by atoms with van der Waals surface area (Å²) in [5.74, 6) is -0.453. The van der Waals surface area contributed by atoms with Gasteiger partial charge in [-0.2, -0.15) is 0 Å². The maximum atomic E-state index is 13.0. The average molecular weight is 429 g/mol. The topological polar surface area (TPSA) is 75.3 Å². The minimum atomic E-state index is -0.559. The third kappa shape index (κ3) is 6.38. The Hall–Kier alpha value is -3.73. The quantitative estimate of drug-likeness (QED) is 0.462. The van der Waals surface area contributed by atoms with Crippen molar-refractivity contribution in [3.63, 3.8) is 0 Å². The molecule has 2 N–H and O–H groups in total. The van der Waals surface area contributed by atoms with Crippen LogP contribution in [0.4, 0.5) is 0 Å². The first-order chi connectivity index (χ1) is 15.6. The lowest BCUT2D eigenvalue weighted by Gasteiger charge is -2.17.